The van der Waals surface area contributed by atoms with Crippen molar-refractivity contribution in [3.63, 3.8) is 0 Å². The highest BCUT2D eigenvalue weighted by Crippen LogP contribution is 2.22. The van der Waals surface area contributed by atoms with Crippen LogP contribution in [0.3, 0.4) is 0 Å². The third-order valence-electron chi connectivity index (χ3n) is 3.85. The molecule has 1 amide bonds. The fourth-order valence-corrected chi connectivity index (χ4v) is 3.65. The summed E-state index contributed by atoms with van der Waals surface area (Å²) in [6, 6.07) is 14.5. The van der Waals surface area contributed by atoms with E-state index < -0.39 is 5.82 Å². The van der Waals surface area contributed by atoms with Crippen molar-refractivity contribution in [1.29, 1.82) is 0 Å². The average Bonchev–Trinajstić information content (AvgIpc) is 3.05. The van der Waals surface area contributed by atoms with Gasteiger partial charge in [-0.25, -0.2) is 4.39 Å². The standard InChI is InChI=1S/C20H18BrFN4OS/c1-2-10-26-18(11-14-6-4-3-5-7-14)24-25-20(26)28-13-19(27)23-17-9-8-15(21)12-16(17)22/h2-9,12H,1,10-11,13H2,(H,23,27). The number of anilines is 1. The Kier molecular flexibility index (Phi) is 7.00. The normalized spacial score (nSPS) is 10.6. The monoisotopic (exact) mass is 460 g/mol. The van der Waals surface area contributed by atoms with E-state index in [1.165, 1.54) is 23.9 Å². The number of benzene rings is 2. The fourth-order valence-electron chi connectivity index (χ4n) is 2.55. The molecule has 3 aromatic rings. The number of thioether (sulfide) groups is 1. The molecule has 1 aromatic heterocycles. The van der Waals surface area contributed by atoms with Gasteiger partial charge in [-0.2, -0.15) is 0 Å². The third-order valence-corrected chi connectivity index (χ3v) is 5.31. The van der Waals surface area contributed by atoms with Crippen LogP contribution >= 0.6 is 27.7 Å². The van der Waals surface area contributed by atoms with Crippen LogP contribution in [-0.4, -0.2) is 26.4 Å². The maximum Gasteiger partial charge on any atom is 0.234 e. The van der Waals surface area contributed by atoms with Gasteiger partial charge in [0, 0.05) is 17.4 Å². The maximum absolute atomic E-state index is 13.9. The minimum absolute atomic E-state index is 0.0934. The highest BCUT2D eigenvalue weighted by Gasteiger charge is 2.15. The number of amides is 1. The summed E-state index contributed by atoms with van der Waals surface area (Å²) in [6.45, 7) is 4.32. The van der Waals surface area contributed by atoms with Crippen molar-refractivity contribution >= 4 is 39.3 Å². The van der Waals surface area contributed by atoms with Crippen LogP contribution in [-0.2, 0) is 17.8 Å². The molecule has 2 aromatic carbocycles. The molecule has 144 valence electrons. The summed E-state index contributed by atoms with van der Waals surface area (Å²) in [5.74, 6) is 0.0838. The van der Waals surface area contributed by atoms with E-state index in [9.17, 15) is 9.18 Å². The summed E-state index contributed by atoms with van der Waals surface area (Å²) < 4.78 is 16.4. The highest BCUT2D eigenvalue weighted by molar-refractivity contribution is 9.10. The SMILES string of the molecule is C=CCn1c(Cc2ccccc2)nnc1SCC(=O)Nc1ccc(Br)cc1F. The number of carbonyl (C=O) groups is 1. The molecular formula is C20H18BrFN4OS. The van der Waals surface area contributed by atoms with Crippen LogP contribution in [0.5, 0.6) is 0 Å². The number of hydrogen-bond acceptors (Lipinski definition) is 4. The number of aromatic nitrogens is 3. The number of carbonyl (C=O) groups excluding carboxylic acids is 1. The molecule has 1 heterocycles. The van der Waals surface area contributed by atoms with E-state index in [-0.39, 0.29) is 17.3 Å². The van der Waals surface area contributed by atoms with Gasteiger partial charge in [-0.15, -0.1) is 16.8 Å². The molecule has 0 aliphatic rings. The summed E-state index contributed by atoms with van der Waals surface area (Å²) in [4.78, 5) is 12.2. The molecule has 0 spiro atoms. The van der Waals surface area contributed by atoms with Gasteiger partial charge in [0.15, 0.2) is 5.16 Å². The zero-order chi connectivity index (χ0) is 19.9. The first-order valence-electron chi connectivity index (χ1n) is 8.51. The van der Waals surface area contributed by atoms with Crippen molar-refractivity contribution < 1.29 is 9.18 Å². The van der Waals surface area contributed by atoms with Crippen LogP contribution in [0.1, 0.15) is 11.4 Å². The lowest BCUT2D eigenvalue weighted by atomic mass is 10.1. The second-order valence-electron chi connectivity index (χ2n) is 5.92. The van der Waals surface area contributed by atoms with Gasteiger partial charge in [0.1, 0.15) is 11.6 Å². The highest BCUT2D eigenvalue weighted by atomic mass is 79.9. The second-order valence-corrected chi connectivity index (χ2v) is 7.78. The predicted octanol–water partition coefficient (Wildman–Crippen LogP) is 4.69. The first-order valence-corrected chi connectivity index (χ1v) is 10.3. The molecule has 0 bridgehead atoms. The molecule has 0 saturated carbocycles. The zero-order valence-corrected chi connectivity index (χ0v) is 17.3. The zero-order valence-electron chi connectivity index (χ0n) is 14.9. The van der Waals surface area contributed by atoms with Gasteiger partial charge in [-0.3, -0.25) is 4.79 Å². The Morgan fingerprint density at radius 2 is 2.04 bits per heavy atom. The Balaban J connectivity index is 1.66. The van der Waals surface area contributed by atoms with E-state index in [1.807, 2.05) is 34.9 Å². The molecule has 0 radical (unpaired) electrons. The van der Waals surface area contributed by atoms with Crippen LogP contribution in [0, 0.1) is 5.82 Å². The minimum atomic E-state index is -0.493. The van der Waals surface area contributed by atoms with E-state index in [1.54, 1.807) is 12.1 Å². The quantitative estimate of drug-likeness (QED) is 0.391. The lowest BCUT2D eigenvalue weighted by molar-refractivity contribution is -0.113. The first kappa shape index (κ1) is 20.3. The predicted molar refractivity (Wildman–Crippen MR) is 113 cm³/mol. The molecule has 0 aliphatic carbocycles. The molecule has 5 nitrogen and oxygen atoms in total. The van der Waals surface area contributed by atoms with Crippen LogP contribution in [0.15, 0.2) is 70.8 Å². The van der Waals surface area contributed by atoms with Crippen molar-refractivity contribution in [2.24, 2.45) is 0 Å². The molecule has 0 fully saturated rings. The largest absolute Gasteiger partial charge is 0.323 e. The molecule has 3 rings (SSSR count). The average molecular weight is 461 g/mol. The van der Waals surface area contributed by atoms with Crippen molar-refractivity contribution in [3.8, 4) is 0 Å². The molecule has 8 heteroatoms. The fraction of sp³-hybridized carbons (Fsp3) is 0.150. The lowest BCUT2D eigenvalue weighted by Gasteiger charge is -2.09. The van der Waals surface area contributed by atoms with Gasteiger partial charge in [0.2, 0.25) is 5.91 Å². The van der Waals surface area contributed by atoms with E-state index >= 15 is 0 Å². The van der Waals surface area contributed by atoms with Crippen LogP contribution < -0.4 is 5.32 Å². The Morgan fingerprint density at radius 3 is 2.75 bits per heavy atom. The van der Waals surface area contributed by atoms with E-state index in [4.69, 9.17) is 0 Å². The van der Waals surface area contributed by atoms with Crippen LogP contribution in [0.25, 0.3) is 0 Å². The van der Waals surface area contributed by atoms with E-state index in [0.29, 0.717) is 22.6 Å². The lowest BCUT2D eigenvalue weighted by Crippen LogP contribution is -2.15. The Morgan fingerprint density at radius 1 is 1.25 bits per heavy atom. The minimum Gasteiger partial charge on any atom is -0.323 e. The van der Waals surface area contributed by atoms with E-state index in [0.717, 1.165) is 11.4 Å². The van der Waals surface area contributed by atoms with Crippen LogP contribution in [0.2, 0.25) is 0 Å². The summed E-state index contributed by atoms with van der Waals surface area (Å²) in [6.07, 6.45) is 2.40. The van der Waals surface area contributed by atoms with Gasteiger partial charge in [-0.05, 0) is 23.8 Å². The molecule has 28 heavy (non-hydrogen) atoms. The summed E-state index contributed by atoms with van der Waals surface area (Å²) >= 11 is 4.44. The van der Waals surface area contributed by atoms with Crippen LogP contribution in [0.4, 0.5) is 10.1 Å². The van der Waals surface area contributed by atoms with Gasteiger partial charge in [-0.1, -0.05) is 64.1 Å². The van der Waals surface area contributed by atoms with Gasteiger partial charge < -0.3 is 9.88 Å². The number of allylic oxidation sites excluding steroid dienone is 1. The Bertz CT molecular complexity index is 978. The topological polar surface area (TPSA) is 59.8 Å². The van der Waals surface area contributed by atoms with Gasteiger partial charge in [0.25, 0.3) is 0 Å². The first-order chi connectivity index (χ1) is 13.6. The third kappa shape index (κ3) is 5.30. The number of halogens is 2. The van der Waals surface area contributed by atoms with Gasteiger partial charge >= 0.3 is 0 Å². The second kappa shape index (κ2) is 9.66. The summed E-state index contributed by atoms with van der Waals surface area (Å²) in [5.41, 5.74) is 1.27. The van der Waals surface area contributed by atoms with Crippen molar-refractivity contribution in [2.45, 2.75) is 18.1 Å². The maximum atomic E-state index is 13.9. The smallest absolute Gasteiger partial charge is 0.234 e. The van der Waals surface area contributed by atoms with E-state index in [2.05, 4.69) is 38.0 Å². The molecular weight excluding hydrogens is 443 g/mol. The molecule has 0 saturated heterocycles. The van der Waals surface area contributed by atoms with Crippen molar-refractivity contribution in [2.75, 3.05) is 11.1 Å². The summed E-state index contributed by atoms with van der Waals surface area (Å²) in [7, 11) is 0. The number of hydrogen-bond donors (Lipinski definition) is 1. The molecule has 0 unspecified atom stereocenters. The summed E-state index contributed by atoms with van der Waals surface area (Å²) in [5, 5.41) is 11.7. The molecule has 1 N–H and O–H groups in total. The molecule has 0 atom stereocenters. The Hall–Kier alpha value is -2.45. The number of nitrogens with zero attached hydrogens (tertiary/aromatic N) is 3. The van der Waals surface area contributed by atoms with Crippen molar-refractivity contribution in [1.82, 2.24) is 14.8 Å². The molecule has 0 aliphatic heterocycles. The van der Waals surface area contributed by atoms with Crippen molar-refractivity contribution in [3.05, 3.63) is 82.9 Å². The van der Waals surface area contributed by atoms with Gasteiger partial charge in [0.05, 0.1) is 11.4 Å². The number of rotatable bonds is 8. The Labute approximate surface area is 175 Å². The number of nitrogens with one attached hydrogen (secondary N) is 1.